The summed E-state index contributed by atoms with van der Waals surface area (Å²) in [6.07, 6.45) is 4.86. The van der Waals surface area contributed by atoms with Gasteiger partial charge in [0.05, 0.1) is 30.1 Å². The molecule has 6 aromatic rings. The van der Waals surface area contributed by atoms with Crippen LogP contribution in [0.3, 0.4) is 0 Å². The highest BCUT2D eigenvalue weighted by Gasteiger charge is 2.40. The summed E-state index contributed by atoms with van der Waals surface area (Å²) in [4.78, 5) is 44.7. The Hall–Kier alpha value is -6.12. The summed E-state index contributed by atoms with van der Waals surface area (Å²) in [5.41, 5.74) is 10.1. The predicted molar refractivity (Wildman–Crippen MR) is 164 cm³/mol. The lowest BCUT2D eigenvalue weighted by molar-refractivity contribution is -0.137. The van der Waals surface area contributed by atoms with E-state index in [0.29, 0.717) is 33.8 Å². The monoisotopic (exact) mass is 619 g/mol. The van der Waals surface area contributed by atoms with Crippen LogP contribution in [0.4, 0.5) is 10.1 Å². The average molecular weight is 620 g/mol. The molecule has 1 aliphatic rings. The Morgan fingerprint density at radius 3 is 2.54 bits per heavy atom. The van der Waals surface area contributed by atoms with Gasteiger partial charge in [-0.25, -0.2) is 4.39 Å². The highest BCUT2D eigenvalue weighted by Crippen LogP contribution is 2.29. The van der Waals surface area contributed by atoms with Crippen molar-refractivity contribution in [3.63, 3.8) is 0 Å². The molecule has 0 bridgehead atoms. The number of likely N-dealkylation sites (tertiary alicyclic amines) is 1. The molecule has 2 unspecified atom stereocenters. The number of rotatable bonds is 7. The highest BCUT2D eigenvalue weighted by atomic mass is 19.1. The van der Waals surface area contributed by atoms with Gasteiger partial charge >= 0.3 is 0 Å². The Balaban J connectivity index is 1.14. The number of hydrogen-bond acceptors (Lipinski definition) is 9. The molecule has 0 spiro atoms. The molecule has 3 N–H and O–H groups in total. The van der Waals surface area contributed by atoms with E-state index >= 15 is 0 Å². The maximum absolute atomic E-state index is 14.8. The van der Waals surface area contributed by atoms with Gasteiger partial charge in [-0.05, 0) is 55.0 Å². The van der Waals surface area contributed by atoms with E-state index in [0.717, 1.165) is 16.7 Å². The average Bonchev–Trinajstić information content (AvgIpc) is 3.78. The number of primary amides is 1. The van der Waals surface area contributed by atoms with Crippen molar-refractivity contribution in [1.29, 1.82) is 0 Å². The molecule has 15 heteroatoms. The van der Waals surface area contributed by atoms with Crippen molar-refractivity contribution in [2.45, 2.75) is 32.1 Å². The second-order valence-electron chi connectivity index (χ2n) is 10.9. The quantitative estimate of drug-likeness (QED) is 0.272. The predicted octanol–water partition coefficient (Wildman–Crippen LogP) is 2.58. The molecule has 0 radical (unpaired) electrons. The van der Waals surface area contributed by atoms with E-state index < -0.39 is 29.9 Å². The Bertz CT molecular complexity index is 2130. The van der Waals surface area contributed by atoms with Crippen molar-refractivity contribution < 1.29 is 18.8 Å². The number of amides is 3. The fourth-order valence-electron chi connectivity index (χ4n) is 5.82. The van der Waals surface area contributed by atoms with Crippen molar-refractivity contribution in [3.8, 4) is 22.5 Å². The molecule has 0 aliphatic carbocycles. The van der Waals surface area contributed by atoms with Gasteiger partial charge in [0.2, 0.25) is 11.8 Å². The zero-order valence-electron chi connectivity index (χ0n) is 24.4. The van der Waals surface area contributed by atoms with E-state index in [9.17, 15) is 18.8 Å². The largest absolute Gasteiger partial charge is 0.364 e. The number of nitrogens with zero attached hydrogens (tertiary/aromatic N) is 9. The summed E-state index contributed by atoms with van der Waals surface area (Å²) in [6, 6.07) is 13.0. The number of carbonyl (C=O) groups is 3. The molecular weight excluding hydrogens is 593 g/mol. The van der Waals surface area contributed by atoms with Gasteiger partial charge in [0.25, 0.3) is 5.91 Å². The number of carbonyl (C=O) groups excluding carboxylic acids is 3. The van der Waals surface area contributed by atoms with Gasteiger partial charge in [-0.3, -0.25) is 28.5 Å². The Labute approximate surface area is 260 Å². The fraction of sp³-hybridized carbons (Fsp3) is 0.194. The third kappa shape index (κ3) is 5.06. The first-order valence-corrected chi connectivity index (χ1v) is 14.4. The molecule has 0 saturated carbocycles. The highest BCUT2D eigenvalue weighted by molar-refractivity contribution is 6.05. The standard InChI is InChI=1S/C31H26FN11O3/c1-17-23(3-5-26-38-39-30(43(17)26)18-6-9-34-10-7-18)37-31(46)25-13-21(32)15-41(25)27(44)16-42-24-4-2-19(20-8-11-35-36-14-20)12-22(24)28(40-42)29(33)45/h2-12,14,21,25H,13,15-16H2,1H3,(H2,33,45)(H,37,46). The van der Waals surface area contributed by atoms with Gasteiger partial charge in [0.15, 0.2) is 17.2 Å². The van der Waals surface area contributed by atoms with Crippen molar-refractivity contribution in [1.82, 2.24) is 44.5 Å². The van der Waals surface area contributed by atoms with Gasteiger partial charge in [-0.2, -0.15) is 15.3 Å². The summed E-state index contributed by atoms with van der Waals surface area (Å²) in [7, 11) is 0. The summed E-state index contributed by atoms with van der Waals surface area (Å²) in [5.74, 6) is -1.27. The Morgan fingerprint density at radius 2 is 1.78 bits per heavy atom. The topological polar surface area (TPSA) is 179 Å². The number of benzene rings is 1. The van der Waals surface area contributed by atoms with E-state index in [1.54, 1.807) is 77.7 Å². The molecule has 3 amide bonds. The van der Waals surface area contributed by atoms with Crippen LogP contribution in [0.25, 0.3) is 39.1 Å². The second-order valence-corrected chi connectivity index (χ2v) is 10.9. The first-order valence-electron chi connectivity index (χ1n) is 14.4. The number of nitrogens with one attached hydrogen (secondary N) is 1. The van der Waals surface area contributed by atoms with Crippen LogP contribution in [0.2, 0.25) is 0 Å². The van der Waals surface area contributed by atoms with Gasteiger partial charge in [0, 0.05) is 41.0 Å². The van der Waals surface area contributed by atoms with Crippen molar-refractivity contribution in [2.24, 2.45) is 5.73 Å². The van der Waals surface area contributed by atoms with Crippen molar-refractivity contribution in [3.05, 3.63) is 84.7 Å². The SMILES string of the molecule is Cc1c(NC(=O)C2CC(F)CN2C(=O)Cn2nc(C(N)=O)c3cc(-c4ccnnc4)ccc32)ccc2nnc(-c3ccncc3)n12. The molecular formula is C31H26FN11O3. The molecule has 14 nitrogen and oxygen atoms in total. The molecule has 1 saturated heterocycles. The van der Waals surface area contributed by atoms with E-state index in [2.05, 4.69) is 35.8 Å². The Kier molecular flexibility index (Phi) is 7.11. The van der Waals surface area contributed by atoms with E-state index in [-0.39, 0.29) is 25.2 Å². The summed E-state index contributed by atoms with van der Waals surface area (Å²) in [6.45, 7) is 1.22. The fourth-order valence-corrected chi connectivity index (χ4v) is 5.82. The maximum Gasteiger partial charge on any atom is 0.269 e. The van der Waals surface area contributed by atoms with Crippen LogP contribution in [0, 0.1) is 6.92 Å². The van der Waals surface area contributed by atoms with Gasteiger partial charge < -0.3 is 16.0 Å². The zero-order valence-corrected chi connectivity index (χ0v) is 24.4. The van der Waals surface area contributed by atoms with Crippen LogP contribution >= 0.6 is 0 Å². The van der Waals surface area contributed by atoms with E-state index in [1.165, 1.54) is 9.58 Å². The normalized spacial score (nSPS) is 16.3. The van der Waals surface area contributed by atoms with Crippen molar-refractivity contribution in [2.75, 3.05) is 11.9 Å². The lowest BCUT2D eigenvalue weighted by atomic mass is 10.0. The molecule has 1 fully saturated rings. The summed E-state index contributed by atoms with van der Waals surface area (Å²) >= 11 is 0. The minimum Gasteiger partial charge on any atom is -0.364 e. The molecule has 5 aromatic heterocycles. The number of aryl methyl sites for hydroxylation is 1. The van der Waals surface area contributed by atoms with E-state index in [4.69, 9.17) is 5.73 Å². The minimum atomic E-state index is -1.40. The van der Waals surface area contributed by atoms with Gasteiger partial charge in [-0.1, -0.05) is 6.07 Å². The molecule has 46 heavy (non-hydrogen) atoms. The molecule has 2 atom stereocenters. The molecule has 6 heterocycles. The van der Waals surface area contributed by atoms with Crippen LogP contribution in [0.5, 0.6) is 0 Å². The minimum absolute atomic E-state index is 0.0169. The lowest BCUT2D eigenvalue weighted by Crippen LogP contribution is -2.44. The zero-order chi connectivity index (χ0) is 31.9. The lowest BCUT2D eigenvalue weighted by Gasteiger charge is -2.24. The molecule has 1 aliphatic heterocycles. The molecule has 230 valence electrons. The summed E-state index contributed by atoms with van der Waals surface area (Å²) in [5, 5.41) is 23.8. The smallest absolute Gasteiger partial charge is 0.269 e. The van der Waals surface area contributed by atoms with Gasteiger partial charge in [-0.15, -0.1) is 10.2 Å². The first kappa shape index (κ1) is 28.6. The van der Waals surface area contributed by atoms with Crippen LogP contribution < -0.4 is 11.1 Å². The summed E-state index contributed by atoms with van der Waals surface area (Å²) < 4.78 is 17.9. The number of aromatic nitrogens is 8. The van der Waals surface area contributed by atoms with Crippen LogP contribution in [0.15, 0.2) is 73.3 Å². The molecule has 7 rings (SSSR count). The maximum atomic E-state index is 14.8. The Morgan fingerprint density at radius 1 is 0.978 bits per heavy atom. The number of pyridine rings is 2. The number of alkyl halides is 1. The number of anilines is 1. The number of halogens is 1. The van der Waals surface area contributed by atoms with Crippen LogP contribution in [0.1, 0.15) is 22.6 Å². The van der Waals surface area contributed by atoms with Gasteiger partial charge in [0.1, 0.15) is 18.8 Å². The number of nitrogens with two attached hydrogens (primary N) is 1. The van der Waals surface area contributed by atoms with Crippen LogP contribution in [-0.2, 0) is 16.1 Å². The van der Waals surface area contributed by atoms with E-state index in [1.807, 2.05) is 6.92 Å². The first-order chi connectivity index (χ1) is 22.3. The third-order valence-electron chi connectivity index (χ3n) is 8.07. The molecule has 1 aromatic carbocycles. The van der Waals surface area contributed by atoms with Crippen LogP contribution in [-0.4, -0.2) is 80.9 Å². The third-order valence-corrected chi connectivity index (χ3v) is 8.07. The number of fused-ring (bicyclic) bond motifs is 2. The second kappa shape index (κ2) is 11.4. The number of hydrogen-bond donors (Lipinski definition) is 2. The van der Waals surface area contributed by atoms with Crippen molar-refractivity contribution >= 4 is 40.0 Å².